The molecule has 2 aromatic rings. The van der Waals surface area contributed by atoms with E-state index in [2.05, 4.69) is 11.4 Å². The highest BCUT2D eigenvalue weighted by molar-refractivity contribution is 6.31. The number of para-hydroxylation sites is 1. The summed E-state index contributed by atoms with van der Waals surface area (Å²) in [5.41, 5.74) is 2.94. The van der Waals surface area contributed by atoms with Gasteiger partial charge in [0.2, 0.25) is 5.91 Å². The monoisotopic (exact) mass is 318 g/mol. The van der Waals surface area contributed by atoms with Crippen molar-refractivity contribution in [3.05, 3.63) is 58.9 Å². The lowest BCUT2D eigenvalue weighted by Gasteiger charge is -2.17. The summed E-state index contributed by atoms with van der Waals surface area (Å²) in [5, 5.41) is 3.17. The van der Waals surface area contributed by atoms with Gasteiger partial charge in [-0.15, -0.1) is 0 Å². The van der Waals surface area contributed by atoms with Crippen molar-refractivity contribution in [1.82, 2.24) is 0 Å². The summed E-state index contributed by atoms with van der Waals surface area (Å²) in [6.45, 7) is 1.22. The molecule has 5 heteroatoms. The number of nitrogens with zero attached hydrogens (tertiary/aromatic N) is 1. The first-order valence-electron chi connectivity index (χ1n) is 7.22. The number of halogens is 2. The Morgan fingerprint density at radius 2 is 2.09 bits per heavy atom. The van der Waals surface area contributed by atoms with Crippen molar-refractivity contribution in [3.63, 3.8) is 0 Å². The maximum atomic E-state index is 13.1. The molecule has 1 aliphatic heterocycles. The lowest BCUT2D eigenvalue weighted by molar-refractivity contribution is -0.118. The van der Waals surface area contributed by atoms with Gasteiger partial charge in [-0.2, -0.15) is 0 Å². The van der Waals surface area contributed by atoms with Crippen molar-refractivity contribution in [1.29, 1.82) is 0 Å². The Balaban J connectivity index is 1.56. The van der Waals surface area contributed by atoms with Crippen LogP contribution >= 0.6 is 11.6 Å². The molecule has 3 rings (SSSR count). The quantitative estimate of drug-likeness (QED) is 0.928. The highest BCUT2D eigenvalue weighted by Gasteiger charge is 2.23. The van der Waals surface area contributed by atoms with Crippen molar-refractivity contribution in [2.24, 2.45) is 0 Å². The predicted molar refractivity (Wildman–Crippen MR) is 87.0 cm³/mol. The number of nitrogens with one attached hydrogen (secondary N) is 1. The highest BCUT2D eigenvalue weighted by atomic mass is 35.5. The third kappa shape index (κ3) is 3.07. The third-order valence-electron chi connectivity index (χ3n) is 3.78. The standard InChI is InChI=1S/C17H16ClFN2O/c18-14-11-13(5-6-15(14)19)20-9-7-17(22)21-10-8-12-3-1-2-4-16(12)21/h1-6,11,20H,7-10H2. The Labute approximate surface area is 133 Å². The minimum Gasteiger partial charge on any atom is -0.384 e. The van der Waals surface area contributed by atoms with Crippen molar-refractivity contribution in [2.75, 3.05) is 23.3 Å². The summed E-state index contributed by atoms with van der Waals surface area (Å²) in [6, 6.07) is 12.4. The SMILES string of the molecule is O=C(CCNc1ccc(F)c(Cl)c1)N1CCc2ccccc21. The number of fused-ring (bicyclic) bond motifs is 1. The summed E-state index contributed by atoms with van der Waals surface area (Å²) < 4.78 is 13.1. The van der Waals surface area contributed by atoms with Crippen LogP contribution in [-0.4, -0.2) is 19.0 Å². The third-order valence-corrected chi connectivity index (χ3v) is 4.07. The van der Waals surface area contributed by atoms with Crippen LogP contribution in [0.2, 0.25) is 5.02 Å². The Kier molecular flexibility index (Phi) is 4.29. The molecule has 2 aromatic carbocycles. The first-order chi connectivity index (χ1) is 10.6. The second kappa shape index (κ2) is 6.36. The lowest BCUT2D eigenvalue weighted by Crippen LogP contribution is -2.30. The molecule has 0 aromatic heterocycles. The molecular formula is C17H16ClFN2O. The Morgan fingerprint density at radius 1 is 1.27 bits per heavy atom. The fourth-order valence-corrected chi connectivity index (χ4v) is 2.83. The molecule has 1 aliphatic rings. The van der Waals surface area contributed by atoms with Crippen LogP contribution in [0.5, 0.6) is 0 Å². The van der Waals surface area contributed by atoms with Gasteiger partial charge in [-0.1, -0.05) is 29.8 Å². The molecule has 0 radical (unpaired) electrons. The van der Waals surface area contributed by atoms with Crippen LogP contribution in [0.4, 0.5) is 15.8 Å². The Bertz CT molecular complexity index is 705. The minimum atomic E-state index is -0.447. The molecule has 1 amide bonds. The molecule has 0 bridgehead atoms. The normalized spacial score (nSPS) is 13.1. The van der Waals surface area contributed by atoms with Crippen LogP contribution in [0.3, 0.4) is 0 Å². The van der Waals surface area contributed by atoms with Crippen LogP contribution in [0.15, 0.2) is 42.5 Å². The number of amides is 1. The Hall–Kier alpha value is -2.07. The summed E-state index contributed by atoms with van der Waals surface area (Å²) in [6.07, 6.45) is 1.28. The van der Waals surface area contributed by atoms with Crippen LogP contribution < -0.4 is 10.2 Å². The molecule has 0 saturated carbocycles. The molecule has 0 fully saturated rings. The first kappa shape index (κ1) is 14.9. The number of rotatable bonds is 4. The second-order valence-electron chi connectivity index (χ2n) is 5.23. The Morgan fingerprint density at radius 3 is 2.91 bits per heavy atom. The van der Waals surface area contributed by atoms with Crippen LogP contribution in [0.1, 0.15) is 12.0 Å². The maximum absolute atomic E-state index is 13.1. The number of anilines is 2. The van der Waals surface area contributed by atoms with E-state index in [1.54, 1.807) is 6.07 Å². The summed E-state index contributed by atoms with van der Waals surface area (Å²) in [5.74, 6) is -0.359. The van der Waals surface area contributed by atoms with Gasteiger partial charge in [0.1, 0.15) is 5.82 Å². The molecule has 1 N–H and O–H groups in total. The minimum absolute atomic E-state index is 0.0739. The average Bonchev–Trinajstić information content (AvgIpc) is 2.95. The van der Waals surface area contributed by atoms with Gasteiger partial charge in [0.15, 0.2) is 0 Å². The van der Waals surface area contributed by atoms with E-state index in [4.69, 9.17) is 11.6 Å². The molecule has 0 aliphatic carbocycles. The van der Waals surface area contributed by atoms with Gasteiger partial charge in [-0.3, -0.25) is 4.79 Å². The predicted octanol–water partition coefficient (Wildman–Crippen LogP) is 3.87. The first-order valence-corrected chi connectivity index (χ1v) is 7.60. The van der Waals surface area contributed by atoms with Crippen molar-refractivity contribution >= 4 is 28.9 Å². The van der Waals surface area contributed by atoms with E-state index >= 15 is 0 Å². The lowest BCUT2D eigenvalue weighted by atomic mass is 10.2. The molecule has 114 valence electrons. The summed E-state index contributed by atoms with van der Waals surface area (Å²) >= 11 is 5.72. The van der Waals surface area contributed by atoms with Crippen LogP contribution in [0.25, 0.3) is 0 Å². The van der Waals surface area contributed by atoms with Crippen LogP contribution in [0, 0.1) is 5.82 Å². The van der Waals surface area contributed by atoms with E-state index in [1.807, 2.05) is 23.1 Å². The molecule has 0 spiro atoms. The van der Waals surface area contributed by atoms with E-state index < -0.39 is 5.82 Å². The highest BCUT2D eigenvalue weighted by Crippen LogP contribution is 2.27. The van der Waals surface area contributed by atoms with Gasteiger partial charge in [-0.25, -0.2) is 4.39 Å². The number of carbonyl (C=O) groups excluding carboxylic acids is 1. The fraction of sp³-hybridized carbons (Fsp3) is 0.235. The molecular weight excluding hydrogens is 303 g/mol. The molecule has 0 unspecified atom stereocenters. The number of benzene rings is 2. The summed E-state index contributed by atoms with van der Waals surface area (Å²) in [7, 11) is 0. The van der Waals surface area contributed by atoms with Gasteiger partial charge in [-0.05, 0) is 36.2 Å². The molecule has 22 heavy (non-hydrogen) atoms. The maximum Gasteiger partial charge on any atom is 0.228 e. The van der Waals surface area contributed by atoms with Gasteiger partial charge >= 0.3 is 0 Å². The summed E-state index contributed by atoms with van der Waals surface area (Å²) in [4.78, 5) is 14.1. The average molecular weight is 319 g/mol. The van der Waals surface area contributed by atoms with E-state index in [-0.39, 0.29) is 10.9 Å². The van der Waals surface area contributed by atoms with E-state index in [1.165, 1.54) is 17.7 Å². The van der Waals surface area contributed by atoms with Crippen LogP contribution in [-0.2, 0) is 11.2 Å². The van der Waals surface area contributed by atoms with Gasteiger partial charge in [0.25, 0.3) is 0 Å². The number of hydrogen-bond acceptors (Lipinski definition) is 2. The number of carbonyl (C=O) groups is 1. The molecule has 1 heterocycles. The van der Waals surface area contributed by atoms with Crippen molar-refractivity contribution in [2.45, 2.75) is 12.8 Å². The zero-order valence-corrected chi connectivity index (χ0v) is 12.7. The molecule has 0 atom stereocenters. The largest absolute Gasteiger partial charge is 0.384 e. The fourth-order valence-electron chi connectivity index (χ4n) is 2.65. The van der Waals surface area contributed by atoms with Crippen molar-refractivity contribution < 1.29 is 9.18 Å². The molecule has 0 saturated heterocycles. The van der Waals surface area contributed by atoms with E-state index in [0.717, 1.165) is 18.7 Å². The zero-order chi connectivity index (χ0) is 15.5. The van der Waals surface area contributed by atoms with Gasteiger partial charge < -0.3 is 10.2 Å². The molecule has 3 nitrogen and oxygen atoms in total. The second-order valence-corrected chi connectivity index (χ2v) is 5.64. The van der Waals surface area contributed by atoms with Gasteiger partial charge in [0.05, 0.1) is 5.02 Å². The topological polar surface area (TPSA) is 32.3 Å². The van der Waals surface area contributed by atoms with Gasteiger partial charge in [0, 0.05) is 30.9 Å². The van der Waals surface area contributed by atoms with E-state index in [9.17, 15) is 9.18 Å². The number of hydrogen-bond donors (Lipinski definition) is 1. The van der Waals surface area contributed by atoms with E-state index in [0.29, 0.717) is 18.7 Å². The zero-order valence-electron chi connectivity index (χ0n) is 12.0. The van der Waals surface area contributed by atoms with Crippen molar-refractivity contribution in [3.8, 4) is 0 Å². The smallest absolute Gasteiger partial charge is 0.228 e.